The van der Waals surface area contributed by atoms with E-state index in [-0.39, 0.29) is 0 Å². The van der Waals surface area contributed by atoms with Crippen LogP contribution in [0, 0.1) is 11.3 Å². The lowest BCUT2D eigenvalue weighted by Gasteiger charge is -2.36. The molecule has 1 saturated heterocycles. The van der Waals surface area contributed by atoms with Crippen LogP contribution < -0.4 is 4.74 Å². The molecule has 0 spiro atoms. The number of nitrogens with zero attached hydrogens (tertiary/aromatic N) is 2. The van der Waals surface area contributed by atoms with E-state index in [0.29, 0.717) is 6.61 Å². The van der Waals surface area contributed by atoms with E-state index < -0.39 is 5.54 Å². The fourth-order valence-electron chi connectivity index (χ4n) is 3.98. The first-order valence-electron chi connectivity index (χ1n) is 8.16. The molecule has 0 amide bonds. The van der Waals surface area contributed by atoms with Crippen LogP contribution in [0.25, 0.3) is 10.8 Å². The van der Waals surface area contributed by atoms with Gasteiger partial charge in [-0.25, -0.2) is 0 Å². The molecule has 0 aliphatic carbocycles. The maximum atomic E-state index is 10.1. The van der Waals surface area contributed by atoms with Crippen molar-refractivity contribution in [1.29, 1.82) is 5.26 Å². The molecule has 3 nitrogen and oxygen atoms in total. The lowest BCUT2D eigenvalue weighted by Crippen LogP contribution is -2.43. The van der Waals surface area contributed by atoms with E-state index in [1.54, 1.807) is 0 Å². The zero-order valence-corrected chi connectivity index (χ0v) is 12.7. The second-order valence-electron chi connectivity index (χ2n) is 6.28. The Morgan fingerprint density at radius 2 is 1.86 bits per heavy atom. The average molecular weight is 292 g/mol. The van der Waals surface area contributed by atoms with Gasteiger partial charge in [-0.05, 0) is 31.1 Å². The van der Waals surface area contributed by atoms with E-state index in [9.17, 15) is 5.26 Å². The lowest BCUT2D eigenvalue weighted by atomic mass is 9.84. The number of rotatable bonds is 1. The highest BCUT2D eigenvalue weighted by Crippen LogP contribution is 2.45. The maximum absolute atomic E-state index is 10.1. The summed E-state index contributed by atoms with van der Waals surface area (Å²) in [5, 5.41) is 12.4. The van der Waals surface area contributed by atoms with Crippen molar-refractivity contribution in [2.75, 3.05) is 19.7 Å². The molecule has 112 valence electrons. The number of hydrogen-bond donors (Lipinski definition) is 0. The lowest BCUT2D eigenvalue weighted by molar-refractivity contribution is 0.162. The highest BCUT2D eigenvalue weighted by Gasteiger charge is 2.43. The van der Waals surface area contributed by atoms with Crippen LogP contribution in [0.1, 0.15) is 31.2 Å². The van der Waals surface area contributed by atoms with E-state index in [1.807, 2.05) is 12.1 Å². The number of hydrogen-bond acceptors (Lipinski definition) is 3. The number of nitriles is 1. The number of fused-ring (bicyclic) bond motifs is 3. The monoisotopic (exact) mass is 292 g/mol. The third-order valence-corrected chi connectivity index (χ3v) is 5.09. The minimum Gasteiger partial charge on any atom is -0.493 e. The van der Waals surface area contributed by atoms with Crippen LogP contribution in [0.3, 0.4) is 0 Å². The van der Waals surface area contributed by atoms with Gasteiger partial charge in [0.25, 0.3) is 0 Å². The molecule has 0 aromatic heterocycles. The zero-order chi connectivity index (χ0) is 15.0. The summed E-state index contributed by atoms with van der Waals surface area (Å²) in [4.78, 5) is 2.37. The van der Waals surface area contributed by atoms with Crippen molar-refractivity contribution in [1.82, 2.24) is 4.90 Å². The van der Waals surface area contributed by atoms with Crippen molar-refractivity contribution in [2.24, 2.45) is 0 Å². The molecule has 2 aromatic carbocycles. The first-order chi connectivity index (χ1) is 10.8. The first kappa shape index (κ1) is 13.6. The summed E-state index contributed by atoms with van der Waals surface area (Å²) in [5.74, 6) is 0.920. The fraction of sp³-hybridized carbons (Fsp3) is 0.421. The van der Waals surface area contributed by atoms with Crippen molar-refractivity contribution < 1.29 is 4.74 Å². The van der Waals surface area contributed by atoms with Crippen molar-refractivity contribution >= 4 is 10.8 Å². The van der Waals surface area contributed by atoms with E-state index in [4.69, 9.17) is 4.74 Å². The smallest absolute Gasteiger partial charge is 0.138 e. The molecule has 1 atom stereocenters. The average Bonchev–Trinajstić information content (AvgIpc) is 3.04. The summed E-state index contributed by atoms with van der Waals surface area (Å²) in [6.07, 6.45) is 4.16. The van der Waals surface area contributed by atoms with Crippen LogP contribution in [-0.2, 0) is 5.54 Å². The van der Waals surface area contributed by atoms with Gasteiger partial charge in [-0.2, -0.15) is 5.26 Å². The van der Waals surface area contributed by atoms with Gasteiger partial charge in [0.15, 0.2) is 0 Å². The molecule has 3 heteroatoms. The van der Waals surface area contributed by atoms with Crippen LogP contribution in [0.5, 0.6) is 5.75 Å². The van der Waals surface area contributed by atoms with Gasteiger partial charge in [-0.1, -0.05) is 36.4 Å². The summed E-state index contributed by atoms with van der Waals surface area (Å²) in [6.45, 7) is 2.72. The SMILES string of the molecule is N#CC1(N2CCCC2)CCCOc2c1ccc1ccccc21. The molecule has 0 bridgehead atoms. The molecule has 1 fully saturated rings. The molecule has 0 N–H and O–H groups in total. The van der Waals surface area contributed by atoms with E-state index in [1.165, 1.54) is 18.2 Å². The van der Waals surface area contributed by atoms with Gasteiger partial charge in [-0.15, -0.1) is 0 Å². The summed E-state index contributed by atoms with van der Waals surface area (Å²) in [5.41, 5.74) is 0.542. The van der Waals surface area contributed by atoms with Gasteiger partial charge in [0, 0.05) is 24.0 Å². The van der Waals surface area contributed by atoms with Gasteiger partial charge in [0.2, 0.25) is 0 Å². The summed E-state index contributed by atoms with van der Waals surface area (Å²) >= 11 is 0. The Kier molecular flexibility index (Phi) is 3.28. The summed E-state index contributed by atoms with van der Waals surface area (Å²) < 4.78 is 6.10. The highest BCUT2D eigenvalue weighted by atomic mass is 16.5. The first-order valence-corrected chi connectivity index (χ1v) is 8.16. The van der Waals surface area contributed by atoms with Gasteiger partial charge >= 0.3 is 0 Å². The Balaban J connectivity index is 1.96. The Morgan fingerprint density at radius 3 is 2.68 bits per heavy atom. The van der Waals surface area contributed by atoms with Crippen LogP contribution in [0.2, 0.25) is 0 Å². The third-order valence-electron chi connectivity index (χ3n) is 5.09. The third kappa shape index (κ3) is 1.91. The molecule has 2 aromatic rings. The van der Waals surface area contributed by atoms with Crippen molar-refractivity contribution in [2.45, 2.75) is 31.2 Å². The van der Waals surface area contributed by atoms with E-state index in [0.717, 1.165) is 42.6 Å². The van der Waals surface area contributed by atoms with Crippen molar-refractivity contribution in [3.63, 3.8) is 0 Å². The number of benzene rings is 2. The second-order valence-corrected chi connectivity index (χ2v) is 6.28. The standard InChI is InChI=1S/C19H20N2O/c20-14-19(21-11-3-4-12-21)10-5-13-22-18-16-7-2-1-6-15(16)8-9-17(18)19/h1-2,6-9H,3-5,10-13H2. The largest absolute Gasteiger partial charge is 0.493 e. The molecule has 22 heavy (non-hydrogen) atoms. The molecule has 2 aliphatic heterocycles. The fourth-order valence-corrected chi connectivity index (χ4v) is 3.98. The number of ether oxygens (including phenoxy) is 1. The van der Waals surface area contributed by atoms with E-state index in [2.05, 4.69) is 35.2 Å². The Hall–Kier alpha value is -2.05. The maximum Gasteiger partial charge on any atom is 0.138 e. The molecule has 1 unspecified atom stereocenters. The Labute approximate surface area is 131 Å². The van der Waals surface area contributed by atoms with Crippen molar-refractivity contribution in [3.05, 3.63) is 42.0 Å². The number of likely N-dealkylation sites (tertiary alicyclic amines) is 1. The highest BCUT2D eigenvalue weighted by molar-refractivity contribution is 5.90. The predicted octanol–water partition coefficient (Wildman–Crippen LogP) is 3.83. The van der Waals surface area contributed by atoms with Crippen molar-refractivity contribution in [3.8, 4) is 11.8 Å². The molecule has 4 rings (SSSR count). The normalized spacial score (nSPS) is 25.2. The molecule has 0 saturated carbocycles. The molecular weight excluding hydrogens is 272 g/mol. The molecular formula is C19H20N2O. The minimum atomic E-state index is -0.521. The minimum absolute atomic E-state index is 0.521. The quantitative estimate of drug-likeness (QED) is 0.801. The van der Waals surface area contributed by atoms with Crippen LogP contribution in [-0.4, -0.2) is 24.6 Å². The zero-order valence-electron chi connectivity index (χ0n) is 12.7. The van der Waals surface area contributed by atoms with Gasteiger partial charge in [-0.3, -0.25) is 4.90 Å². The summed E-state index contributed by atoms with van der Waals surface area (Å²) in [6, 6.07) is 15.2. The van der Waals surface area contributed by atoms with Crippen LogP contribution in [0.4, 0.5) is 0 Å². The van der Waals surface area contributed by atoms with Gasteiger partial charge < -0.3 is 4.74 Å². The Bertz CT molecular complexity index is 743. The van der Waals surface area contributed by atoms with Gasteiger partial charge in [0.1, 0.15) is 11.3 Å². The molecule has 2 heterocycles. The predicted molar refractivity (Wildman–Crippen MR) is 86.8 cm³/mol. The van der Waals surface area contributed by atoms with E-state index >= 15 is 0 Å². The molecule has 2 aliphatic rings. The van der Waals surface area contributed by atoms with Crippen LogP contribution >= 0.6 is 0 Å². The van der Waals surface area contributed by atoms with Gasteiger partial charge in [0.05, 0.1) is 12.7 Å². The summed E-state index contributed by atoms with van der Waals surface area (Å²) in [7, 11) is 0. The Morgan fingerprint density at radius 1 is 1.05 bits per heavy atom. The van der Waals surface area contributed by atoms with Crippen LogP contribution in [0.15, 0.2) is 36.4 Å². The molecule has 0 radical (unpaired) electrons. The second kappa shape index (κ2) is 5.30. The topological polar surface area (TPSA) is 36.3 Å².